The van der Waals surface area contributed by atoms with Gasteiger partial charge in [0, 0.05) is 0 Å². The average Bonchev–Trinajstić information content (AvgIpc) is 3.07. The Morgan fingerprint density at radius 3 is 2.65 bits per heavy atom. The van der Waals surface area contributed by atoms with E-state index in [9.17, 15) is 14.4 Å². The number of carbonyl (C=O) groups is 3. The average molecular weight is 280 g/mol. The monoisotopic (exact) mass is 280 g/mol. The number of aliphatic carboxylic acids is 1. The molecule has 20 heavy (non-hydrogen) atoms. The summed E-state index contributed by atoms with van der Waals surface area (Å²) in [6.45, 7) is 1.73. The highest BCUT2D eigenvalue weighted by Gasteiger charge is 2.57. The highest BCUT2D eigenvalue weighted by molar-refractivity contribution is 6.06. The lowest BCUT2D eigenvalue weighted by atomic mass is 10.1. The maximum absolute atomic E-state index is 11.8. The summed E-state index contributed by atoms with van der Waals surface area (Å²) in [7, 11) is 0. The number of furan rings is 1. The minimum Gasteiger partial charge on any atom is -0.480 e. The topological polar surface area (TPSA) is 109 Å². The van der Waals surface area contributed by atoms with Gasteiger partial charge in [-0.2, -0.15) is 0 Å². The molecule has 0 saturated heterocycles. The van der Waals surface area contributed by atoms with Gasteiger partial charge in [0.05, 0.1) is 12.8 Å². The summed E-state index contributed by atoms with van der Waals surface area (Å²) in [5.74, 6) is -1.54. The molecule has 0 aliphatic heterocycles. The second kappa shape index (κ2) is 5.36. The molecule has 7 heteroatoms. The van der Waals surface area contributed by atoms with Gasteiger partial charge in [-0.1, -0.05) is 0 Å². The summed E-state index contributed by atoms with van der Waals surface area (Å²) in [6.07, 6.45) is 2.13. The Labute approximate surface area is 115 Å². The van der Waals surface area contributed by atoms with Crippen molar-refractivity contribution < 1.29 is 23.9 Å². The lowest BCUT2D eigenvalue weighted by Gasteiger charge is -2.16. The molecule has 1 saturated carbocycles. The first-order valence-corrected chi connectivity index (χ1v) is 6.30. The Balaban J connectivity index is 1.82. The Bertz CT molecular complexity index is 519. The van der Waals surface area contributed by atoms with Crippen LogP contribution in [-0.4, -0.2) is 28.9 Å². The largest absolute Gasteiger partial charge is 0.480 e. The van der Waals surface area contributed by atoms with Crippen LogP contribution in [0.15, 0.2) is 22.8 Å². The first-order chi connectivity index (χ1) is 9.45. The molecule has 108 valence electrons. The van der Waals surface area contributed by atoms with Crippen LogP contribution in [0.25, 0.3) is 0 Å². The van der Waals surface area contributed by atoms with Gasteiger partial charge < -0.3 is 20.2 Å². The van der Waals surface area contributed by atoms with Crippen molar-refractivity contribution in [1.29, 1.82) is 0 Å². The molecule has 1 fully saturated rings. The summed E-state index contributed by atoms with van der Waals surface area (Å²) in [4.78, 5) is 34.6. The summed E-state index contributed by atoms with van der Waals surface area (Å²) in [5, 5.41) is 14.0. The van der Waals surface area contributed by atoms with E-state index in [1.807, 2.05) is 0 Å². The number of carboxylic acid groups (broad SMARTS) is 1. The van der Waals surface area contributed by atoms with Gasteiger partial charge in [0.25, 0.3) is 0 Å². The van der Waals surface area contributed by atoms with E-state index >= 15 is 0 Å². The van der Waals surface area contributed by atoms with E-state index < -0.39 is 29.2 Å². The molecule has 1 heterocycles. The quantitative estimate of drug-likeness (QED) is 0.648. The van der Waals surface area contributed by atoms with E-state index in [4.69, 9.17) is 9.52 Å². The third kappa shape index (κ3) is 2.81. The number of hydrogen-bond donors (Lipinski definition) is 3. The van der Waals surface area contributed by atoms with Crippen molar-refractivity contribution in [2.24, 2.45) is 5.41 Å². The first-order valence-electron chi connectivity index (χ1n) is 6.30. The second-order valence-corrected chi connectivity index (χ2v) is 4.88. The molecule has 1 atom stereocenters. The van der Waals surface area contributed by atoms with E-state index in [1.165, 1.54) is 13.2 Å². The molecule has 1 unspecified atom stereocenters. The van der Waals surface area contributed by atoms with Gasteiger partial charge in [0.1, 0.15) is 17.2 Å². The number of amides is 2. The number of rotatable bonds is 6. The minimum absolute atomic E-state index is 0.218. The Kier molecular flexibility index (Phi) is 3.78. The highest BCUT2D eigenvalue weighted by Crippen LogP contribution is 2.46. The molecule has 3 N–H and O–H groups in total. The van der Waals surface area contributed by atoms with Crippen LogP contribution >= 0.6 is 0 Å². The highest BCUT2D eigenvalue weighted by atomic mass is 16.4. The van der Waals surface area contributed by atoms with Crippen LogP contribution in [0.1, 0.15) is 25.5 Å². The fraction of sp³-hybridized carbons (Fsp3) is 0.462. The smallest absolute Gasteiger partial charge is 0.319 e. The molecule has 1 aliphatic rings. The molecule has 0 radical (unpaired) electrons. The predicted molar refractivity (Wildman–Crippen MR) is 67.5 cm³/mol. The molecule has 0 aromatic carbocycles. The molecular formula is C13H16N2O5. The Morgan fingerprint density at radius 2 is 2.15 bits per heavy atom. The van der Waals surface area contributed by atoms with Crippen LogP contribution in [-0.2, 0) is 20.9 Å². The van der Waals surface area contributed by atoms with E-state index in [0.29, 0.717) is 18.6 Å². The first kappa shape index (κ1) is 14.1. The lowest BCUT2D eigenvalue weighted by molar-refractivity contribution is -0.149. The maximum atomic E-state index is 11.8. The number of nitrogens with one attached hydrogen (secondary N) is 2. The summed E-state index contributed by atoms with van der Waals surface area (Å²) in [6, 6.07) is 2.62. The van der Waals surface area contributed by atoms with Gasteiger partial charge in [-0.05, 0) is 31.9 Å². The molecule has 2 amide bonds. The molecule has 7 nitrogen and oxygen atoms in total. The van der Waals surface area contributed by atoms with E-state index in [-0.39, 0.29) is 6.54 Å². The van der Waals surface area contributed by atoms with Gasteiger partial charge in [-0.25, -0.2) is 0 Å². The molecule has 0 spiro atoms. The van der Waals surface area contributed by atoms with Crippen molar-refractivity contribution >= 4 is 17.8 Å². The molecule has 2 rings (SSSR count). The molecule has 1 aromatic heterocycles. The van der Waals surface area contributed by atoms with Gasteiger partial charge in [-0.15, -0.1) is 0 Å². The normalized spacial score (nSPS) is 17.1. The van der Waals surface area contributed by atoms with Crippen LogP contribution in [0.3, 0.4) is 0 Å². The van der Waals surface area contributed by atoms with Crippen LogP contribution in [0.4, 0.5) is 0 Å². The van der Waals surface area contributed by atoms with Gasteiger partial charge in [0.15, 0.2) is 0 Å². The summed E-state index contributed by atoms with van der Waals surface area (Å²) < 4.78 is 5.06. The van der Waals surface area contributed by atoms with Crippen molar-refractivity contribution in [1.82, 2.24) is 10.6 Å². The lowest BCUT2D eigenvalue weighted by Crippen LogP contribution is -2.48. The SMILES string of the molecule is CC(NC(=O)C1(C(=O)O)CC1)C(=O)NCc1ccco1. The molecular weight excluding hydrogens is 264 g/mol. The number of carbonyl (C=O) groups excluding carboxylic acids is 2. The Hall–Kier alpha value is -2.31. The van der Waals surface area contributed by atoms with Crippen LogP contribution in [0, 0.1) is 5.41 Å². The van der Waals surface area contributed by atoms with Crippen molar-refractivity contribution in [3.05, 3.63) is 24.2 Å². The molecule has 0 bridgehead atoms. The van der Waals surface area contributed by atoms with Gasteiger partial charge >= 0.3 is 5.97 Å². The van der Waals surface area contributed by atoms with E-state index in [2.05, 4.69) is 10.6 Å². The zero-order valence-electron chi connectivity index (χ0n) is 11.0. The number of carboxylic acids is 1. The third-order valence-electron chi connectivity index (χ3n) is 3.35. The van der Waals surface area contributed by atoms with Gasteiger partial charge in [0.2, 0.25) is 11.8 Å². The van der Waals surface area contributed by atoms with Crippen molar-refractivity contribution in [3.8, 4) is 0 Å². The zero-order chi connectivity index (χ0) is 14.8. The van der Waals surface area contributed by atoms with Crippen molar-refractivity contribution in [2.45, 2.75) is 32.4 Å². The maximum Gasteiger partial charge on any atom is 0.319 e. The van der Waals surface area contributed by atoms with E-state index in [1.54, 1.807) is 12.1 Å². The van der Waals surface area contributed by atoms with Crippen LogP contribution in [0.5, 0.6) is 0 Å². The van der Waals surface area contributed by atoms with Gasteiger partial charge in [-0.3, -0.25) is 14.4 Å². The van der Waals surface area contributed by atoms with Crippen LogP contribution < -0.4 is 10.6 Å². The second-order valence-electron chi connectivity index (χ2n) is 4.88. The Morgan fingerprint density at radius 1 is 1.45 bits per heavy atom. The fourth-order valence-electron chi connectivity index (χ4n) is 1.80. The van der Waals surface area contributed by atoms with Crippen LogP contribution in [0.2, 0.25) is 0 Å². The predicted octanol–water partition coefficient (Wildman–Crippen LogP) is 0.265. The number of hydrogen-bond acceptors (Lipinski definition) is 4. The van der Waals surface area contributed by atoms with E-state index in [0.717, 1.165) is 0 Å². The summed E-state index contributed by atoms with van der Waals surface area (Å²) in [5.41, 5.74) is -1.34. The van der Waals surface area contributed by atoms with Crippen molar-refractivity contribution in [2.75, 3.05) is 0 Å². The fourth-order valence-corrected chi connectivity index (χ4v) is 1.80. The molecule has 1 aliphatic carbocycles. The minimum atomic E-state index is -1.34. The van der Waals surface area contributed by atoms with Crippen molar-refractivity contribution in [3.63, 3.8) is 0 Å². The molecule has 1 aromatic rings. The summed E-state index contributed by atoms with van der Waals surface area (Å²) >= 11 is 0. The standard InChI is InChI=1S/C13H16N2O5/c1-8(10(16)14-7-9-3-2-6-20-9)15-11(17)13(4-5-13)12(18)19/h2-3,6,8H,4-5,7H2,1H3,(H,14,16)(H,15,17)(H,18,19). The zero-order valence-corrected chi connectivity index (χ0v) is 11.0. The third-order valence-corrected chi connectivity index (χ3v) is 3.35.